The molecule has 0 aliphatic carbocycles. The van der Waals surface area contributed by atoms with Gasteiger partial charge >= 0.3 is 0 Å². The van der Waals surface area contributed by atoms with Crippen LogP contribution in [0.1, 0.15) is 0 Å². The van der Waals surface area contributed by atoms with E-state index in [0.717, 1.165) is 4.34 Å². The van der Waals surface area contributed by atoms with E-state index in [-0.39, 0.29) is 17.9 Å². The number of thiazole rings is 1. The lowest BCUT2D eigenvalue weighted by Crippen LogP contribution is -2.38. The van der Waals surface area contributed by atoms with Gasteiger partial charge in [0.05, 0.1) is 18.5 Å². The molecular weight excluding hydrogens is 220 g/mol. The van der Waals surface area contributed by atoms with E-state index in [9.17, 15) is 0 Å². The number of aromatic nitrogens is 1. The van der Waals surface area contributed by atoms with Crippen LogP contribution in [0.15, 0.2) is 15.9 Å². The van der Waals surface area contributed by atoms with Gasteiger partial charge in [-0.3, -0.25) is 0 Å². The van der Waals surface area contributed by atoms with Gasteiger partial charge in [0.1, 0.15) is 4.34 Å². The molecular formula is C8H14N2O2S2. The Labute approximate surface area is 91.5 Å². The van der Waals surface area contributed by atoms with E-state index in [1.54, 1.807) is 24.6 Å². The summed E-state index contributed by atoms with van der Waals surface area (Å²) < 4.78 is 5.87. The lowest BCUT2D eigenvalue weighted by atomic mass is 10.2. The molecule has 0 spiro atoms. The molecule has 0 aliphatic rings. The van der Waals surface area contributed by atoms with Gasteiger partial charge in [-0.1, -0.05) is 11.8 Å². The number of nitrogens with two attached hydrogens (primary N) is 1. The molecule has 0 saturated heterocycles. The van der Waals surface area contributed by atoms with Crippen molar-refractivity contribution in [1.82, 2.24) is 4.98 Å². The molecule has 3 N–H and O–H groups in total. The third-order valence-corrected chi connectivity index (χ3v) is 3.93. The molecule has 0 aliphatic heterocycles. The summed E-state index contributed by atoms with van der Waals surface area (Å²) in [5, 5.41) is 11.0. The topological polar surface area (TPSA) is 68.4 Å². The van der Waals surface area contributed by atoms with Gasteiger partial charge in [0.15, 0.2) is 0 Å². The maximum atomic E-state index is 9.14. The van der Waals surface area contributed by atoms with Crippen LogP contribution < -0.4 is 5.73 Å². The maximum Gasteiger partial charge on any atom is 0.150 e. The summed E-state index contributed by atoms with van der Waals surface area (Å²) in [5.74, 6) is 0. The van der Waals surface area contributed by atoms with Crippen molar-refractivity contribution in [2.75, 3.05) is 20.3 Å². The number of hydrogen-bond acceptors (Lipinski definition) is 6. The first-order valence-corrected chi connectivity index (χ1v) is 5.95. The normalized spacial score (nSPS) is 15.4. The molecule has 0 bridgehead atoms. The van der Waals surface area contributed by atoms with Crippen LogP contribution in [0, 0.1) is 0 Å². The van der Waals surface area contributed by atoms with Crippen LogP contribution in [0.25, 0.3) is 0 Å². The second-order valence-electron chi connectivity index (χ2n) is 2.76. The van der Waals surface area contributed by atoms with Crippen molar-refractivity contribution in [3.63, 3.8) is 0 Å². The molecule has 80 valence electrons. The minimum absolute atomic E-state index is 0.0365. The molecule has 1 aromatic rings. The Balaban J connectivity index is 2.46. The van der Waals surface area contributed by atoms with Crippen LogP contribution in [0.5, 0.6) is 0 Å². The standard InChI is InChI=1S/C8H14N2O2S2/c1-12-5-6(9)7(4-11)14-8-10-2-3-13-8/h2-3,6-7,11H,4-5,9H2,1H3. The minimum Gasteiger partial charge on any atom is -0.395 e. The Hall–Kier alpha value is -0.140. The lowest BCUT2D eigenvalue weighted by Gasteiger charge is -2.19. The summed E-state index contributed by atoms with van der Waals surface area (Å²) in [6.07, 6.45) is 1.74. The second-order valence-corrected chi connectivity index (χ2v) is 5.14. The molecule has 4 nitrogen and oxygen atoms in total. The van der Waals surface area contributed by atoms with Gasteiger partial charge in [0.25, 0.3) is 0 Å². The highest BCUT2D eigenvalue weighted by molar-refractivity contribution is 8.01. The van der Waals surface area contributed by atoms with Crippen molar-refractivity contribution in [3.05, 3.63) is 11.6 Å². The van der Waals surface area contributed by atoms with E-state index in [4.69, 9.17) is 15.6 Å². The molecule has 0 aromatic carbocycles. The number of ether oxygens (including phenoxy) is 1. The van der Waals surface area contributed by atoms with Crippen LogP contribution in [0.2, 0.25) is 0 Å². The smallest absolute Gasteiger partial charge is 0.150 e. The molecule has 6 heteroatoms. The van der Waals surface area contributed by atoms with E-state index >= 15 is 0 Å². The van der Waals surface area contributed by atoms with Crippen LogP contribution in [0.4, 0.5) is 0 Å². The lowest BCUT2D eigenvalue weighted by molar-refractivity contribution is 0.167. The van der Waals surface area contributed by atoms with E-state index in [1.807, 2.05) is 5.38 Å². The van der Waals surface area contributed by atoms with Crippen molar-refractivity contribution in [3.8, 4) is 0 Å². The number of rotatable bonds is 6. The molecule has 2 unspecified atom stereocenters. The van der Waals surface area contributed by atoms with Crippen molar-refractivity contribution in [2.45, 2.75) is 15.6 Å². The van der Waals surface area contributed by atoms with E-state index in [1.165, 1.54) is 11.8 Å². The number of hydrogen-bond donors (Lipinski definition) is 2. The quantitative estimate of drug-likeness (QED) is 0.704. The van der Waals surface area contributed by atoms with Gasteiger partial charge in [0, 0.05) is 24.7 Å². The second kappa shape index (κ2) is 6.36. The summed E-state index contributed by atoms with van der Waals surface area (Å²) in [4.78, 5) is 4.12. The SMILES string of the molecule is COCC(N)C(CO)Sc1nccs1. The van der Waals surface area contributed by atoms with Crippen LogP contribution in [-0.4, -0.2) is 41.7 Å². The van der Waals surface area contributed by atoms with Gasteiger partial charge in [-0.2, -0.15) is 0 Å². The molecule has 1 heterocycles. The number of thioether (sulfide) groups is 1. The number of nitrogens with zero attached hydrogens (tertiary/aromatic N) is 1. The first kappa shape index (κ1) is 11.9. The fourth-order valence-corrected chi connectivity index (χ4v) is 2.79. The summed E-state index contributed by atoms with van der Waals surface area (Å²) in [6.45, 7) is 0.484. The highest BCUT2D eigenvalue weighted by Crippen LogP contribution is 2.26. The Morgan fingerprint density at radius 2 is 2.57 bits per heavy atom. The fraction of sp³-hybridized carbons (Fsp3) is 0.625. The Morgan fingerprint density at radius 1 is 1.79 bits per heavy atom. The molecule has 2 atom stereocenters. The zero-order chi connectivity index (χ0) is 10.4. The van der Waals surface area contributed by atoms with Gasteiger partial charge in [-0.25, -0.2) is 4.98 Å². The molecule has 0 amide bonds. The predicted molar refractivity (Wildman–Crippen MR) is 58.7 cm³/mol. The molecule has 0 fully saturated rings. The van der Waals surface area contributed by atoms with Crippen LogP contribution in [0.3, 0.4) is 0 Å². The molecule has 0 saturated carbocycles. The highest BCUT2D eigenvalue weighted by atomic mass is 32.2. The van der Waals surface area contributed by atoms with Crippen molar-refractivity contribution >= 4 is 23.1 Å². The van der Waals surface area contributed by atoms with Gasteiger partial charge in [-0.15, -0.1) is 11.3 Å². The van der Waals surface area contributed by atoms with Gasteiger partial charge in [0.2, 0.25) is 0 Å². The van der Waals surface area contributed by atoms with Crippen LogP contribution >= 0.6 is 23.1 Å². The van der Waals surface area contributed by atoms with Gasteiger partial charge < -0.3 is 15.6 Å². The Morgan fingerprint density at radius 3 is 3.07 bits per heavy atom. The molecule has 0 radical (unpaired) electrons. The van der Waals surface area contributed by atoms with Gasteiger partial charge in [-0.05, 0) is 0 Å². The summed E-state index contributed by atoms with van der Waals surface area (Å²) in [7, 11) is 1.60. The monoisotopic (exact) mass is 234 g/mol. The zero-order valence-corrected chi connectivity index (χ0v) is 9.55. The fourth-order valence-electron chi connectivity index (χ4n) is 0.958. The average molecular weight is 234 g/mol. The number of methoxy groups -OCH3 is 1. The molecule has 1 aromatic heterocycles. The average Bonchev–Trinajstić information content (AvgIpc) is 2.66. The molecule has 14 heavy (non-hydrogen) atoms. The van der Waals surface area contributed by atoms with E-state index in [0.29, 0.717) is 6.61 Å². The largest absolute Gasteiger partial charge is 0.395 e. The number of aliphatic hydroxyl groups excluding tert-OH is 1. The predicted octanol–water partition coefficient (Wildman–Crippen LogP) is 0.570. The summed E-state index contributed by atoms with van der Waals surface area (Å²) >= 11 is 3.04. The first-order valence-electron chi connectivity index (χ1n) is 4.19. The van der Waals surface area contributed by atoms with Crippen molar-refractivity contribution in [2.24, 2.45) is 5.73 Å². The van der Waals surface area contributed by atoms with E-state index in [2.05, 4.69) is 4.98 Å². The Kier molecular flexibility index (Phi) is 5.42. The molecule has 1 rings (SSSR count). The third-order valence-electron chi connectivity index (χ3n) is 1.68. The highest BCUT2D eigenvalue weighted by Gasteiger charge is 2.19. The van der Waals surface area contributed by atoms with Crippen molar-refractivity contribution in [1.29, 1.82) is 0 Å². The first-order chi connectivity index (χ1) is 6.77. The summed E-state index contributed by atoms with van der Waals surface area (Å²) in [6, 6.07) is -0.168. The summed E-state index contributed by atoms with van der Waals surface area (Å²) in [5.41, 5.74) is 5.83. The minimum atomic E-state index is -0.168. The maximum absolute atomic E-state index is 9.14. The van der Waals surface area contributed by atoms with E-state index < -0.39 is 0 Å². The number of aliphatic hydroxyl groups is 1. The zero-order valence-electron chi connectivity index (χ0n) is 7.92. The Bertz CT molecular complexity index is 243. The van der Waals surface area contributed by atoms with Crippen LogP contribution in [-0.2, 0) is 4.74 Å². The van der Waals surface area contributed by atoms with Crippen molar-refractivity contribution < 1.29 is 9.84 Å². The third kappa shape index (κ3) is 3.55.